The Morgan fingerprint density at radius 3 is 2.76 bits per heavy atom. The summed E-state index contributed by atoms with van der Waals surface area (Å²) in [6.45, 7) is 1.87. The van der Waals surface area contributed by atoms with Gasteiger partial charge in [0.05, 0.1) is 11.3 Å². The van der Waals surface area contributed by atoms with Crippen molar-refractivity contribution < 1.29 is 14.7 Å². The van der Waals surface area contributed by atoms with Crippen LogP contribution in [0, 0.1) is 5.41 Å². The van der Waals surface area contributed by atoms with Crippen LogP contribution < -0.4 is 5.73 Å². The van der Waals surface area contributed by atoms with E-state index in [-0.39, 0.29) is 11.9 Å². The van der Waals surface area contributed by atoms with Crippen LogP contribution in [0.3, 0.4) is 0 Å². The maximum Gasteiger partial charge on any atom is 0.327 e. The second-order valence-corrected chi connectivity index (χ2v) is 6.04. The van der Waals surface area contributed by atoms with Crippen LogP contribution in [-0.2, 0) is 9.59 Å². The Hall–Kier alpha value is -0.750. The van der Waals surface area contributed by atoms with E-state index in [1.165, 1.54) is 16.7 Å². The predicted molar refractivity (Wildman–Crippen MR) is 65.5 cm³/mol. The van der Waals surface area contributed by atoms with E-state index in [1.807, 2.05) is 6.92 Å². The van der Waals surface area contributed by atoms with Crippen molar-refractivity contribution in [2.24, 2.45) is 11.1 Å². The summed E-state index contributed by atoms with van der Waals surface area (Å²) >= 11 is 1.49. The molecule has 96 valence electrons. The first-order valence-corrected chi connectivity index (χ1v) is 6.99. The minimum Gasteiger partial charge on any atom is -0.480 e. The lowest BCUT2D eigenvalue weighted by molar-refractivity contribution is -0.152. The molecule has 1 saturated heterocycles. The van der Waals surface area contributed by atoms with Gasteiger partial charge in [0.2, 0.25) is 5.91 Å². The smallest absolute Gasteiger partial charge is 0.327 e. The highest BCUT2D eigenvalue weighted by Gasteiger charge is 2.48. The van der Waals surface area contributed by atoms with Crippen molar-refractivity contribution in [3.05, 3.63) is 0 Å². The SMILES string of the molecule is CC1(C(=O)N2CSC[C@H]2C(=O)O)CCCC1N. The number of nitrogens with two attached hydrogens (primary N) is 1. The lowest BCUT2D eigenvalue weighted by Crippen LogP contribution is -2.52. The first kappa shape index (κ1) is 12.7. The number of rotatable bonds is 2. The van der Waals surface area contributed by atoms with Crippen LogP contribution in [-0.4, -0.2) is 45.6 Å². The van der Waals surface area contributed by atoms with Gasteiger partial charge in [-0.25, -0.2) is 4.79 Å². The van der Waals surface area contributed by atoms with Gasteiger partial charge in [-0.05, 0) is 19.8 Å². The summed E-state index contributed by atoms with van der Waals surface area (Å²) in [6, 6.07) is -0.827. The van der Waals surface area contributed by atoms with Crippen LogP contribution in [0.25, 0.3) is 0 Å². The standard InChI is InChI=1S/C11H18N2O3S/c1-11(4-2-3-8(11)12)10(16)13-6-17-5-7(13)9(14)15/h7-8H,2-6,12H2,1H3,(H,14,15)/t7-,8?,11?/m0/s1. The van der Waals surface area contributed by atoms with E-state index < -0.39 is 17.4 Å². The van der Waals surface area contributed by atoms with Gasteiger partial charge in [-0.15, -0.1) is 11.8 Å². The molecule has 1 amide bonds. The van der Waals surface area contributed by atoms with Gasteiger partial charge in [0.25, 0.3) is 0 Å². The molecule has 0 spiro atoms. The lowest BCUT2D eigenvalue weighted by Gasteiger charge is -2.33. The zero-order valence-corrected chi connectivity index (χ0v) is 10.7. The highest BCUT2D eigenvalue weighted by Crippen LogP contribution is 2.40. The van der Waals surface area contributed by atoms with Gasteiger partial charge in [0.1, 0.15) is 6.04 Å². The molecule has 0 aromatic rings. The normalized spacial score (nSPS) is 37.4. The highest BCUT2D eigenvalue weighted by molar-refractivity contribution is 7.99. The summed E-state index contributed by atoms with van der Waals surface area (Å²) in [5.41, 5.74) is 5.43. The molecule has 2 aliphatic rings. The topological polar surface area (TPSA) is 83.6 Å². The van der Waals surface area contributed by atoms with Crippen LogP contribution in [0.4, 0.5) is 0 Å². The third kappa shape index (κ3) is 2.04. The van der Waals surface area contributed by atoms with Crippen molar-refractivity contribution in [1.29, 1.82) is 0 Å². The number of carbonyl (C=O) groups excluding carboxylic acids is 1. The minimum absolute atomic E-state index is 0.0834. The number of carbonyl (C=O) groups is 2. The number of hydrogen-bond acceptors (Lipinski definition) is 4. The van der Waals surface area contributed by atoms with Crippen LogP contribution in [0.15, 0.2) is 0 Å². The third-order valence-corrected chi connectivity index (χ3v) is 4.96. The third-order valence-electron chi connectivity index (χ3n) is 3.95. The number of carboxylic acids is 1. The predicted octanol–water partition coefficient (Wildman–Crippen LogP) is 0.490. The van der Waals surface area contributed by atoms with Gasteiger partial charge in [0.15, 0.2) is 0 Å². The van der Waals surface area contributed by atoms with Gasteiger partial charge >= 0.3 is 5.97 Å². The monoisotopic (exact) mass is 258 g/mol. The summed E-state index contributed by atoms with van der Waals surface area (Å²) in [5.74, 6) is -0.0526. The van der Waals surface area contributed by atoms with Crippen molar-refractivity contribution in [3.8, 4) is 0 Å². The molecule has 3 N–H and O–H groups in total. The van der Waals surface area contributed by atoms with Gasteiger partial charge in [-0.1, -0.05) is 6.42 Å². The van der Waals surface area contributed by atoms with Crippen molar-refractivity contribution in [2.75, 3.05) is 11.6 Å². The lowest BCUT2D eigenvalue weighted by atomic mass is 9.83. The molecular weight excluding hydrogens is 240 g/mol. The van der Waals surface area contributed by atoms with E-state index in [0.717, 1.165) is 19.3 Å². The fraction of sp³-hybridized carbons (Fsp3) is 0.818. The molecule has 2 unspecified atom stereocenters. The average molecular weight is 258 g/mol. The Bertz CT molecular complexity index is 350. The molecule has 0 aromatic heterocycles. The molecule has 0 radical (unpaired) electrons. The summed E-state index contributed by atoms with van der Waals surface area (Å²) in [5, 5.41) is 9.09. The first-order valence-electron chi connectivity index (χ1n) is 5.84. The Morgan fingerprint density at radius 1 is 1.53 bits per heavy atom. The van der Waals surface area contributed by atoms with Crippen LogP contribution >= 0.6 is 11.8 Å². The number of aliphatic carboxylic acids is 1. The highest BCUT2D eigenvalue weighted by atomic mass is 32.2. The van der Waals surface area contributed by atoms with Crippen molar-refractivity contribution >= 4 is 23.6 Å². The molecule has 3 atom stereocenters. The molecule has 1 aliphatic carbocycles. The molecule has 1 saturated carbocycles. The summed E-state index contributed by atoms with van der Waals surface area (Å²) < 4.78 is 0. The molecule has 0 bridgehead atoms. The van der Waals surface area contributed by atoms with E-state index in [0.29, 0.717) is 11.6 Å². The number of thioether (sulfide) groups is 1. The van der Waals surface area contributed by atoms with Crippen molar-refractivity contribution in [3.63, 3.8) is 0 Å². The Labute approximate surface area is 105 Å². The Balaban J connectivity index is 2.17. The van der Waals surface area contributed by atoms with Gasteiger partial charge in [-0.2, -0.15) is 0 Å². The van der Waals surface area contributed by atoms with E-state index in [4.69, 9.17) is 10.8 Å². The molecule has 17 heavy (non-hydrogen) atoms. The molecule has 2 fully saturated rings. The summed E-state index contributed by atoms with van der Waals surface area (Å²) in [4.78, 5) is 25.0. The van der Waals surface area contributed by atoms with E-state index in [9.17, 15) is 9.59 Å². The van der Waals surface area contributed by atoms with Crippen LogP contribution in [0.1, 0.15) is 26.2 Å². The summed E-state index contributed by atoms with van der Waals surface area (Å²) in [6.07, 6.45) is 2.56. The zero-order valence-electron chi connectivity index (χ0n) is 9.89. The summed E-state index contributed by atoms with van der Waals surface area (Å²) in [7, 11) is 0. The number of hydrogen-bond donors (Lipinski definition) is 2. The number of carboxylic acid groups (broad SMARTS) is 1. The molecular formula is C11H18N2O3S. The van der Waals surface area contributed by atoms with Crippen molar-refractivity contribution in [2.45, 2.75) is 38.3 Å². The minimum atomic E-state index is -0.918. The molecule has 0 aromatic carbocycles. The van der Waals surface area contributed by atoms with E-state index in [1.54, 1.807) is 0 Å². The van der Waals surface area contributed by atoms with Crippen LogP contribution in [0.2, 0.25) is 0 Å². The second kappa shape index (κ2) is 4.49. The Morgan fingerprint density at radius 2 is 2.24 bits per heavy atom. The molecule has 2 rings (SSSR count). The maximum atomic E-state index is 12.5. The fourth-order valence-electron chi connectivity index (χ4n) is 2.63. The van der Waals surface area contributed by atoms with Crippen LogP contribution in [0.5, 0.6) is 0 Å². The number of amides is 1. The zero-order chi connectivity index (χ0) is 12.6. The van der Waals surface area contributed by atoms with Gasteiger partial charge < -0.3 is 15.7 Å². The molecule has 6 heteroatoms. The maximum absolute atomic E-state index is 12.5. The first-order chi connectivity index (χ1) is 7.97. The Kier molecular flexibility index (Phi) is 3.36. The van der Waals surface area contributed by atoms with Gasteiger partial charge in [0, 0.05) is 11.8 Å². The van der Waals surface area contributed by atoms with Gasteiger partial charge in [-0.3, -0.25) is 4.79 Å². The average Bonchev–Trinajstić information content (AvgIpc) is 2.86. The second-order valence-electron chi connectivity index (χ2n) is 5.05. The fourth-order valence-corrected chi connectivity index (χ4v) is 3.78. The molecule has 1 heterocycles. The number of nitrogens with zero attached hydrogens (tertiary/aromatic N) is 1. The largest absolute Gasteiger partial charge is 0.480 e. The molecule has 5 nitrogen and oxygen atoms in total. The van der Waals surface area contributed by atoms with E-state index >= 15 is 0 Å². The molecule has 1 aliphatic heterocycles. The van der Waals surface area contributed by atoms with Crippen molar-refractivity contribution in [1.82, 2.24) is 4.90 Å². The van der Waals surface area contributed by atoms with E-state index in [2.05, 4.69) is 0 Å². The quantitative estimate of drug-likeness (QED) is 0.753.